The third-order valence-corrected chi connectivity index (χ3v) is 1.61. The van der Waals surface area contributed by atoms with Gasteiger partial charge in [-0.05, 0) is 17.5 Å². The molecule has 4 heteroatoms. The molecule has 0 fully saturated rings. The Morgan fingerprint density at radius 3 is 2.91 bits per heavy atom. The summed E-state index contributed by atoms with van der Waals surface area (Å²) in [4.78, 5) is 10.5. The van der Waals surface area contributed by atoms with Gasteiger partial charge in [0, 0.05) is 25.6 Å². The third kappa shape index (κ3) is 3.44. The molecule has 1 rings (SSSR count). The summed E-state index contributed by atoms with van der Waals surface area (Å²) in [5.41, 5.74) is 0. The fourth-order valence-electron chi connectivity index (χ4n) is 0.462. The Morgan fingerprint density at radius 2 is 2.45 bits per heavy atom. The number of hydrogen-bond donors (Lipinski definition) is 0. The number of rotatable bonds is 2. The summed E-state index contributed by atoms with van der Waals surface area (Å²) in [6, 6.07) is 3.54. The molecule has 0 aliphatic carbocycles. The van der Waals surface area contributed by atoms with E-state index in [0.29, 0.717) is 5.06 Å². The first-order valence-corrected chi connectivity index (χ1v) is 3.58. The summed E-state index contributed by atoms with van der Waals surface area (Å²) in [5, 5.41) is 2.44. The molecule has 0 aromatic carbocycles. The van der Waals surface area contributed by atoms with Crippen molar-refractivity contribution in [3.05, 3.63) is 30.2 Å². The molecular weight excluding hydrogens is 214 g/mol. The zero-order valence-electron chi connectivity index (χ0n) is 5.95. The first-order chi connectivity index (χ1) is 4.83. The van der Waals surface area contributed by atoms with Crippen molar-refractivity contribution in [2.45, 2.75) is 0 Å². The van der Waals surface area contributed by atoms with Gasteiger partial charge in [-0.15, -0.1) is 11.3 Å². The van der Waals surface area contributed by atoms with Gasteiger partial charge in [-0.2, -0.15) is 0 Å². The zero-order chi connectivity index (χ0) is 7.40. The molecule has 1 aromatic rings. The maximum absolute atomic E-state index is 10.5. The standard InChI is InChI=1S/C7H6O2S.Zn/c1-2-6(8)9-7-4-3-5-10-7;/h2-5H,1H2;. The first-order valence-electron chi connectivity index (χ1n) is 2.70. The van der Waals surface area contributed by atoms with Crippen molar-refractivity contribution in [2.24, 2.45) is 0 Å². The second-order valence-corrected chi connectivity index (χ2v) is 2.47. The Bertz CT molecular complexity index is 231. The van der Waals surface area contributed by atoms with Crippen LogP contribution >= 0.6 is 11.3 Å². The van der Waals surface area contributed by atoms with Gasteiger partial charge in [0.05, 0.1) is 0 Å². The summed E-state index contributed by atoms with van der Waals surface area (Å²) in [7, 11) is 0. The Morgan fingerprint density at radius 1 is 1.73 bits per heavy atom. The average Bonchev–Trinajstić information content (AvgIpc) is 2.40. The molecule has 1 heterocycles. The molecule has 0 saturated carbocycles. The summed E-state index contributed by atoms with van der Waals surface area (Å²) in [5.74, 6) is -0.414. The minimum Gasteiger partial charge on any atom is -0.412 e. The topological polar surface area (TPSA) is 26.3 Å². The van der Waals surface area contributed by atoms with E-state index < -0.39 is 5.97 Å². The van der Waals surface area contributed by atoms with Gasteiger partial charge in [-0.1, -0.05) is 6.58 Å². The van der Waals surface area contributed by atoms with E-state index in [9.17, 15) is 4.79 Å². The summed E-state index contributed by atoms with van der Waals surface area (Å²) < 4.78 is 4.77. The van der Waals surface area contributed by atoms with Crippen molar-refractivity contribution >= 4 is 17.3 Å². The molecule has 11 heavy (non-hydrogen) atoms. The number of esters is 1. The van der Waals surface area contributed by atoms with Crippen molar-refractivity contribution in [3.8, 4) is 5.06 Å². The molecule has 54 valence electrons. The minimum atomic E-state index is -0.414. The van der Waals surface area contributed by atoms with Crippen LogP contribution in [0.2, 0.25) is 0 Å². The van der Waals surface area contributed by atoms with Crippen LogP contribution in [0.4, 0.5) is 0 Å². The van der Waals surface area contributed by atoms with Gasteiger partial charge in [-0.3, -0.25) is 0 Å². The Kier molecular flexibility index (Phi) is 5.00. The number of thiophene rings is 1. The molecule has 2 nitrogen and oxygen atoms in total. The van der Waals surface area contributed by atoms with E-state index in [4.69, 9.17) is 4.74 Å². The van der Waals surface area contributed by atoms with Crippen LogP contribution in [0.15, 0.2) is 30.2 Å². The second-order valence-electron chi connectivity index (χ2n) is 1.56. The average molecular weight is 220 g/mol. The van der Waals surface area contributed by atoms with Crippen molar-refractivity contribution in [2.75, 3.05) is 0 Å². The monoisotopic (exact) mass is 218 g/mol. The summed E-state index contributed by atoms with van der Waals surface area (Å²) in [6.07, 6.45) is 1.14. The Balaban J connectivity index is 0.000001000. The second kappa shape index (κ2) is 5.22. The van der Waals surface area contributed by atoms with Gasteiger partial charge in [-0.25, -0.2) is 4.79 Å². The number of ether oxygens (including phenoxy) is 1. The number of hydrogen-bond acceptors (Lipinski definition) is 3. The van der Waals surface area contributed by atoms with Crippen LogP contribution < -0.4 is 4.74 Å². The number of carbonyl (C=O) groups excluding carboxylic acids is 1. The van der Waals surface area contributed by atoms with E-state index in [2.05, 4.69) is 6.58 Å². The fraction of sp³-hybridized carbons (Fsp3) is 0. The van der Waals surface area contributed by atoms with E-state index in [1.54, 1.807) is 6.07 Å². The molecule has 0 bridgehead atoms. The molecule has 1 aromatic heterocycles. The quantitative estimate of drug-likeness (QED) is 0.431. The van der Waals surface area contributed by atoms with Gasteiger partial charge >= 0.3 is 5.97 Å². The maximum Gasteiger partial charge on any atom is 0.336 e. The molecule has 0 unspecified atom stereocenters. The molecule has 0 saturated heterocycles. The van der Waals surface area contributed by atoms with E-state index in [-0.39, 0.29) is 19.5 Å². The summed E-state index contributed by atoms with van der Waals surface area (Å²) in [6.45, 7) is 3.27. The first kappa shape index (κ1) is 10.5. The molecule has 0 aliphatic heterocycles. The van der Waals surface area contributed by atoms with Gasteiger partial charge in [0.25, 0.3) is 0 Å². The van der Waals surface area contributed by atoms with Gasteiger partial charge in [0.2, 0.25) is 0 Å². The third-order valence-electron chi connectivity index (χ3n) is 0.863. The normalized spacial score (nSPS) is 8.00. The molecular formula is C7H6O2SZn. The van der Waals surface area contributed by atoms with Gasteiger partial charge < -0.3 is 4.74 Å². The molecule has 0 radical (unpaired) electrons. The predicted molar refractivity (Wildman–Crippen MR) is 40.2 cm³/mol. The Hall–Kier alpha value is -0.467. The van der Waals surface area contributed by atoms with Crippen LogP contribution in [0.25, 0.3) is 0 Å². The van der Waals surface area contributed by atoms with Crippen molar-refractivity contribution < 1.29 is 29.0 Å². The van der Waals surface area contributed by atoms with Crippen LogP contribution in [-0.4, -0.2) is 5.97 Å². The van der Waals surface area contributed by atoms with Crippen molar-refractivity contribution in [3.63, 3.8) is 0 Å². The van der Waals surface area contributed by atoms with E-state index in [1.807, 2.05) is 11.4 Å². The molecule has 0 amide bonds. The van der Waals surface area contributed by atoms with Crippen molar-refractivity contribution in [1.82, 2.24) is 0 Å². The Labute approximate surface area is 81.6 Å². The fourth-order valence-corrected chi connectivity index (χ4v) is 1.04. The van der Waals surface area contributed by atoms with Crippen LogP contribution in [-0.2, 0) is 24.3 Å². The minimum absolute atomic E-state index is 0. The van der Waals surface area contributed by atoms with E-state index >= 15 is 0 Å². The molecule has 0 aliphatic rings. The van der Waals surface area contributed by atoms with Crippen LogP contribution in [0.3, 0.4) is 0 Å². The predicted octanol–water partition coefficient (Wildman–Crippen LogP) is 1.84. The molecule has 0 spiro atoms. The smallest absolute Gasteiger partial charge is 0.336 e. The van der Waals surface area contributed by atoms with Gasteiger partial charge in [0.1, 0.15) is 0 Å². The largest absolute Gasteiger partial charge is 0.412 e. The zero-order valence-corrected chi connectivity index (χ0v) is 9.73. The maximum atomic E-state index is 10.5. The van der Waals surface area contributed by atoms with Crippen LogP contribution in [0.1, 0.15) is 0 Å². The van der Waals surface area contributed by atoms with Gasteiger partial charge in [0.15, 0.2) is 5.06 Å². The molecule has 0 N–H and O–H groups in total. The van der Waals surface area contributed by atoms with Crippen LogP contribution in [0.5, 0.6) is 5.06 Å². The SMILES string of the molecule is C=CC(=O)Oc1cccs1.[Zn]. The van der Waals surface area contributed by atoms with Crippen molar-refractivity contribution in [1.29, 1.82) is 0 Å². The van der Waals surface area contributed by atoms with E-state index in [0.717, 1.165) is 6.08 Å². The summed E-state index contributed by atoms with van der Waals surface area (Å²) >= 11 is 1.38. The molecule has 0 atom stereocenters. The van der Waals surface area contributed by atoms with E-state index in [1.165, 1.54) is 11.3 Å². The van der Waals surface area contributed by atoms with Crippen LogP contribution in [0, 0.1) is 0 Å². The number of carbonyl (C=O) groups is 1.